The normalized spacial score (nSPS) is 11.0. The molecule has 0 fully saturated rings. The lowest BCUT2D eigenvalue weighted by Crippen LogP contribution is -1.94. The summed E-state index contributed by atoms with van der Waals surface area (Å²) in [4.78, 5) is 24.0. The number of rotatable bonds is 8. The Bertz CT molecular complexity index is 707. The molecule has 0 aliphatic heterocycles. The summed E-state index contributed by atoms with van der Waals surface area (Å²) in [5.41, 5.74) is 1.16. The molecular formula is C20H18O4S. The van der Waals surface area contributed by atoms with Crippen molar-refractivity contribution in [2.45, 2.75) is 0 Å². The molecule has 0 spiro atoms. The highest BCUT2D eigenvalue weighted by molar-refractivity contribution is 8.04. The molecule has 0 amide bonds. The number of allylic oxidation sites excluding steroid dienone is 2. The van der Waals surface area contributed by atoms with E-state index in [9.17, 15) is 9.59 Å². The van der Waals surface area contributed by atoms with Gasteiger partial charge in [0.1, 0.15) is 11.5 Å². The minimum atomic E-state index is -0.106. The molecule has 128 valence electrons. The van der Waals surface area contributed by atoms with Crippen LogP contribution in [0.1, 0.15) is 20.7 Å². The topological polar surface area (TPSA) is 52.6 Å². The van der Waals surface area contributed by atoms with Gasteiger partial charge in [0.2, 0.25) is 0 Å². The van der Waals surface area contributed by atoms with E-state index in [1.807, 2.05) is 0 Å². The molecule has 0 aromatic heterocycles. The van der Waals surface area contributed by atoms with Crippen LogP contribution < -0.4 is 9.47 Å². The van der Waals surface area contributed by atoms with E-state index in [4.69, 9.17) is 9.47 Å². The third-order valence-electron chi connectivity index (χ3n) is 3.35. The zero-order chi connectivity index (χ0) is 18.1. The van der Waals surface area contributed by atoms with E-state index >= 15 is 0 Å². The van der Waals surface area contributed by atoms with Gasteiger partial charge in [0.05, 0.1) is 14.2 Å². The molecule has 25 heavy (non-hydrogen) atoms. The van der Waals surface area contributed by atoms with E-state index in [2.05, 4.69) is 0 Å². The Kier molecular flexibility index (Phi) is 7.04. The summed E-state index contributed by atoms with van der Waals surface area (Å²) in [6, 6.07) is 13.8. The number of hydrogen-bond donors (Lipinski definition) is 0. The molecule has 0 unspecified atom stereocenters. The predicted molar refractivity (Wildman–Crippen MR) is 101 cm³/mol. The van der Waals surface area contributed by atoms with Crippen LogP contribution in [0.25, 0.3) is 0 Å². The first-order valence-electron chi connectivity index (χ1n) is 7.49. The van der Waals surface area contributed by atoms with Crippen LogP contribution in [0.3, 0.4) is 0 Å². The van der Waals surface area contributed by atoms with E-state index in [0.29, 0.717) is 22.6 Å². The quantitative estimate of drug-likeness (QED) is 0.515. The van der Waals surface area contributed by atoms with Crippen molar-refractivity contribution in [3.05, 3.63) is 82.6 Å². The number of methoxy groups -OCH3 is 2. The predicted octanol–water partition coefficient (Wildman–Crippen LogP) is 4.53. The van der Waals surface area contributed by atoms with E-state index in [1.54, 1.807) is 73.6 Å². The Balaban J connectivity index is 1.85. The minimum absolute atomic E-state index is 0.106. The van der Waals surface area contributed by atoms with Gasteiger partial charge in [-0.2, -0.15) is 0 Å². The molecule has 2 aromatic carbocycles. The second-order valence-corrected chi connectivity index (χ2v) is 5.74. The third kappa shape index (κ3) is 5.65. The highest BCUT2D eigenvalue weighted by Crippen LogP contribution is 2.14. The lowest BCUT2D eigenvalue weighted by atomic mass is 10.1. The van der Waals surface area contributed by atoms with Gasteiger partial charge in [0.15, 0.2) is 11.6 Å². The molecule has 0 aliphatic rings. The third-order valence-corrected chi connectivity index (χ3v) is 3.93. The molecule has 0 saturated heterocycles. The van der Waals surface area contributed by atoms with Crippen molar-refractivity contribution in [2.24, 2.45) is 0 Å². The average Bonchev–Trinajstić information content (AvgIpc) is 2.67. The van der Waals surface area contributed by atoms with Crippen LogP contribution >= 0.6 is 11.8 Å². The average molecular weight is 354 g/mol. The first-order chi connectivity index (χ1) is 12.1. The molecule has 5 heteroatoms. The fourth-order valence-electron chi connectivity index (χ4n) is 1.95. The maximum absolute atomic E-state index is 12.0. The molecule has 2 rings (SSSR count). The van der Waals surface area contributed by atoms with Crippen LogP contribution in [0.15, 0.2) is 71.5 Å². The summed E-state index contributed by atoms with van der Waals surface area (Å²) in [6.45, 7) is 0. The van der Waals surface area contributed by atoms with E-state index in [1.165, 1.54) is 23.9 Å². The van der Waals surface area contributed by atoms with Gasteiger partial charge in [-0.25, -0.2) is 0 Å². The molecule has 0 saturated carbocycles. The van der Waals surface area contributed by atoms with Gasteiger partial charge in [-0.3, -0.25) is 9.59 Å². The summed E-state index contributed by atoms with van der Waals surface area (Å²) >= 11 is 1.26. The van der Waals surface area contributed by atoms with Crippen LogP contribution in [0.5, 0.6) is 11.5 Å². The largest absolute Gasteiger partial charge is 0.497 e. The molecule has 0 bridgehead atoms. The first kappa shape index (κ1) is 18.5. The highest BCUT2D eigenvalue weighted by atomic mass is 32.2. The zero-order valence-corrected chi connectivity index (χ0v) is 14.8. The van der Waals surface area contributed by atoms with Gasteiger partial charge < -0.3 is 9.47 Å². The number of carbonyl (C=O) groups is 2. The van der Waals surface area contributed by atoms with Crippen molar-refractivity contribution in [3.8, 4) is 11.5 Å². The van der Waals surface area contributed by atoms with Gasteiger partial charge in [0.25, 0.3) is 0 Å². The van der Waals surface area contributed by atoms with Crippen molar-refractivity contribution >= 4 is 23.3 Å². The van der Waals surface area contributed by atoms with Crippen molar-refractivity contribution in [1.29, 1.82) is 0 Å². The Hall–Kier alpha value is -2.79. The van der Waals surface area contributed by atoms with Gasteiger partial charge in [0, 0.05) is 11.1 Å². The maximum Gasteiger partial charge on any atom is 0.186 e. The smallest absolute Gasteiger partial charge is 0.186 e. The molecule has 0 radical (unpaired) electrons. The van der Waals surface area contributed by atoms with E-state index in [0.717, 1.165) is 0 Å². The fourth-order valence-corrected chi connectivity index (χ4v) is 2.45. The molecule has 0 heterocycles. The standard InChI is InChI=1S/C20H18O4S/c1-23-17-7-3-15(4-8-17)19(21)11-13-25-14-12-20(22)16-5-9-18(24-2)10-6-16/h3-14H,1-2H3/b13-11+,14-12+. The van der Waals surface area contributed by atoms with Crippen LogP contribution in [-0.4, -0.2) is 25.8 Å². The second-order valence-electron chi connectivity index (χ2n) is 4.93. The number of carbonyl (C=O) groups excluding carboxylic acids is 2. The van der Waals surface area contributed by atoms with Crippen LogP contribution in [0, 0.1) is 0 Å². The summed E-state index contributed by atoms with van der Waals surface area (Å²) in [6.07, 6.45) is 2.93. The number of hydrogen-bond acceptors (Lipinski definition) is 5. The van der Waals surface area contributed by atoms with Gasteiger partial charge >= 0.3 is 0 Å². The first-order valence-corrected chi connectivity index (χ1v) is 8.43. The highest BCUT2D eigenvalue weighted by Gasteiger charge is 2.02. The van der Waals surface area contributed by atoms with Gasteiger partial charge in [-0.1, -0.05) is 0 Å². The maximum atomic E-state index is 12.0. The number of ether oxygens (including phenoxy) is 2. The van der Waals surface area contributed by atoms with Crippen molar-refractivity contribution in [1.82, 2.24) is 0 Å². The van der Waals surface area contributed by atoms with E-state index < -0.39 is 0 Å². The summed E-state index contributed by atoms with van der Waals surface area (Å²) in [5.74, 6) is 1.19. The Morgan fingerprint density at radius 2 is 1.08 bits per heavy atom. The molecule has 4 nitrogen and oxygen atoms in total. The van der Waals surface area contributed by atoms with Crippen LogP contribution in [-0.2, 0) is 0 Å². The molecule has 2 aromatic rings. The zero-order valence-electron chi connectivity index (χ0n) is 14.0. The number of ketones is 2. The molecule has 0 aliphatic carbocycles. The summed E-state index contributed by atoms with van der Waals surface area (Å²) in [7, 11) is 3.15. The van der Waals surface area contributed by atoms with E-state index in [-0.39, 0.29) is 11.6 Å². The second kappa shape index (κ2) is 9.49. The van der Waals surface area contributed by atoms with Crippen molar-refractivity contribution in [3.63, 3.8) is 0 Å². The van der Waals surface area contributed by atoms with Crippen molar-refractivity contribution < 1.29 is 19.1 Å². The molecule has 0 atom stereocenters. The van der Waals surface area contributed by atoms with Crippen molar-refractivity contribution in [2.75, 3.05) is 14.2 Å². The molecular weight excluding hydrogens is 336 g/mol. The fraction of sp³-hybridized carbons (Fsp3) is 0.100. The summed E-state index contributed by atoms with van der Waals surface area (Å²) < 4.78 is 10.1. The van der Waals surface area contributed by atoms with Gasteiger partial charge in [-0.05, 0) is 71.5 Å². The number of benzene rings is 2. The number of thioether (sulfide) groups is 1. The van der Waals surface area contributed by atoms with Crippen LogP contribution in [0.4, 0.5) is 0 Å². The Morgan fingerprint density at radius 1 is 0.720 bits per heavy atom. The lowest BCUT2D eigenvalue weighted by Gasteiger charge is -2.00. The lowest BCUT2D eigenvalue weighted by molar-refractivity contribution is 0.103. The Labute approximate surface area is 151 Å². The van der Waals surface area contributed by atoms with Crippen LogP contribution in [0.2, 0.25) is 0 Å². The SMILES string of the molecule is COc1ccc(C(=O)/C=C/S/C=C/C(=O)c2ccc(OC)cc2)cc1. The molecule has 0 N–H and O–H groups in total. The minimum Gasteiger partial charge on any atom is -0.497 e. The Morgan fingerprint density at radius 3 is 1.40 bits per heavy atom. The summed E-state index contributed by atoms with van der Waals surface area (Å²) in [5, 5.41) is 3.29. The monoisotopic (exact) mass is 354 g/mol. The van der Waals surface area contributed by atoms with Gasteiger partial charge in [-0.15, -0.1) is 11.8 Å².